The minimum absolute atomic E-state index is 1.14. The molecule has 0 spiro atoms. The Hall–Kier alpha value is -1.73. The SMILES string of the molecule is Brc1cscc1Br.Cc1c(-c2ccc(-c3ccc(Br)s3)s2)sc(-c2ccc(-c3ccc(Br)s3)s2)c1C.Cc1c(-c2ccc(-c3cccs3)s2)sc(-c2ccc(-c3cccs3)s2)c1C.Cc1c(Br)sc(Br)c1C.Cc1c(Br)sc(Br)c1C.Cc1ccc(-c2cccs2)s1.Cc1ccc(-c2cccs2)s1.Cc1cscc1C.[B]=NS.[B]=NS.c1csc(-c2cccs2)c1. The van der Waals surface area contributed by atoms with Crippen LogP contribution in [0.5, 0.6) is 0 Å². The van der Waals surface area contributed by atoms with Crippen LogP contribution in [-0.4, -0.2) is 15.3 Å². The first-order valence-electron chi connectivity index (χ1n) is 37.3. The first-order valence-corrected chi connectivity index (χ1v) is 61.4. The fourth-order valence-electron chi connectivity index (χ4n) is 10.8. The molecule has 20 aromatic heterocycles. The van der Waals surface area contributed by atoms with Crippen LogP contribution in [0.3, 0.4) is 0 Å². The Labute approximate surface area is 900 Å². The second kappa shape index (κ2) is 54.3. The van der Waals surface area contributed by atoms with Gasteiger partial charge in [0.05, 0.1) is 22.7 Å². The maximum Gasteiger partial charge on any atom is 0.0442 e. The summed E-state index contributed by atoms with van der Waals surface area (Å²) in [4.78, 5) is 32.9. The molecule has 0 fully saturated rings. The standard InChI is InChI=1S/C22H14Br2S5.C22H16S5.2C9H8S2.C8H6S2.2C6H6Br2S.C6H8S.C4H2Br2S.2BHNS/c1-11-12(2)22(18-6-4-14(26-18)16-8-10-20(24)28-16)29-21(11)17-5-3-13(25-17)15-7-9-19(23)27-15;1-13-14(2)22(20-10-8-18(26-20)16-6-4-12-24-16)27-21(13)19-9-7-17(25-19)15-5-3-11-23-15;2*1-7-4-5-9(11-7)8-3-2-6-10-8;1-3-7(9-5-1)8-4-2-6-10-8;2*1-3-4(2)6(8)9-5(3)7;1-5-3-7-4-6(5)2;5-3-1-7-2-4(3)6;2*1-2-3/h3-10H,1-2H3;3-12H,1-2H3;2*2-6H,1H3;1-6H;2*1-2H3;3-4H,1-2H3;1-2H;2*3H. The molecule has 0 aromatic carbocycles. The molecule has 0 bridgehead atoms. The molecule has 0 atom stereocenters. The van der Waals surface area contributed by atoms with Gasteiger partial charge in [0.15, 0.2) is 0 Å². The molecule has 648 valence electrons. The molecular formula is C92H76B2Br8N2S22. The Morgan fingerprint density at radius 3 is 0.603 bits per heavy atom. The Morgan fingerprint density at radius 1 is 0.222 bits per heavy atom. The summed E-state index contributed by atoms with van der Waals surface area (Å²) < 4.78 is 14.9. The third-order valence-corrected chi connectivity index (χ3v) is 48.1. The van der Waals surface area contributed by atoms with Gasteiger partial charge >= 0.3 is 49.5 Å². The van der Waals surface area contributed by atoms with Crippen molar-refractivity contribution in [2.75, 3.05) is 0 Å². The van der Waals surface area contributed by atoms with E-state index in [4.69, 9.17) is 0 Å². The van der Waals surface area contributed by atoms with E-state index in [1.54, 1.807) is 113 Å². The molecule has 20 rings (SSSR count). The zero-order valence-corrected chi connectivity index (χ0v) is 99.9. The monoisotopic (exact) mass is 2570 g/mol. The third-order valence-electron chi connectivity index (χ3n) is 18.0. The zero-order chi connectivity index (χ0) is 90.7. The van der Waals surface area contributed by atoms with Crippen LogP contribution >= 0.6 is 380 Å². The van der Waals surface area contributed by atoms with Gasteiger partial charge in [-0.2, -0.15) is 22.7 Å². The van der Waals surface area contributed by atoms with E-state index in [0.717, 1.165) is 8.95 Å². The maximum atomic E-state index is 4.34. The van der Waals surface area contributed by atoms with Gasteiger partial charge in [-0.05, 0) is 443 Å². The number of halogens is 8. The largest absolute Gasteiger partial charge is 0.143 e. The van der Waals surface area contributed by atoms with Crippen molar-refractivity contribution in [3.63, 3.8) is 0 Å². The molecule has 0 N–H and O–H groups in total. The van der Waals surface area contributed by atoms with E-state index in [1.165, 1.54) is 195 Å². The van der Waals surface area contributed by atoms with Crippen molar-refractivity contribution in [1.29, 1.82) is 0 Å². The molecule has 20 aromatic rings. The van der Waals surface area contributed by atoms with Crippen molar-refractivity contribution in [2.45, 2.75) is 83.1 Å². The number of nitrogens with zero attached hydrogens (tertiary/aromatic N) is 2. The van der Waals surface area contributed by atoms with Crippen LogP contribution in [0, 0.1) is 83.1 Å². The molecule has 0 aliphatic carbocycles. The van der Waals surface area contributed by atoms with E-state index < -0.39 is 0 Å². The summed E-state index contributed by atoms with van der Waals surface area (Å²) in [5, 5.41) is 21.1. The molecule has 126 heavy (non-hydrogen) atoms. The van der Waals surface area contributed by atoms with E-state index in [1.807, 2.05) is 124 Å². The smallest absolute Gasteiger partial charge is 0.0442 e. The minimum Gasteiger partial charge on any atom is -0.143 e. The van der Waals surface area contributed by atoms with Gasteiger partial charge in [0, 0.05) is 137 Å². The van der Waals surface area contributed by atoms with E-state index in [9.17, 15) is 0 Å². The van der Waals surface area contributed by atoms with Crippen LogP contribution in [0.1, 0.15) is 65.4 Å². The van der Waals surface area contributed by atoms with Crippen molar-refractivity contribution in [3.8, 4) is 107 Å². The van der Waals surface area contributed by atoms with E-state index in [0.29, 0.717) is 0 Å². The molecule has 2 radical (unpaired) electrons. The summed E-state index contributed by atoms with van der Waals surface area (Å²) in [5.41, 5.74) is 13.8. The summed E-state index contributed by atoms with van der Waals surface area (Å²) in [5.74, 6) is 0. The number of hydrogen-bond donors (Lipinski definition) is 2. The molecule has 0 unspecified atom stereocenters. The molecule has 0 aliphatic rings. The Balaban J connectivity index is 0.000000155. The van der Waals surface area contributed by atoms with Gasteiger partial charge in [0.25, 0.3) is 0 Å². The molecule has 34 heteroatoms. The van der Waals surface area contributed by atoms with Gasteiger partial charge in [-0.1, -0.05) is 36.4 Å². The molecule has 0 amide bonds. The van der Waals surface area contributed by atoms with Crippen LogP contribution in [0.25, 0.3) is 107 Å². The van der Waals surface area contributed by atoms with Gasteiger partial charge in [-0.3, -0.25) is 0 Å². The van der Waals surface area contributed by atoms with E-state index >= 15 is 0 Å². The first-order chi connectivity index (χ1) is 60.6. The summed E-state index contributed by atoms with van der Waals surface area (Å²) in [7, 11) is 8.67. The van der Waals surface area contributed by atoms with Gasteiger partial charge in [-0.25, -0.2) is 0 Å². The predicted molar refractivity (Wildman–Crippen MR) is 628 cm³/mol. The van der Waals surface area contributed by atoms with Crippen molar-refractivity contribution in [1.82, 2.24) is 0 Å². The predicted octanol–water partition coefficient (Wildman–Crippen LogP) is 44.9. The average Bonchev–Trinajstić information content (AvgIpc) is 1.63. The van der Waals surface area contributed by atoms with Crippen molar-refractivity contribution >= 4 is 395 Å². The second-order valence-electron chi connectivity index (χ2n) is 26.4. The summed E-state index contributed by atoms with van der Waals surface area (Å²) in [6, 6.07) is 61.1. The quantitative estimate of drug-likeness (QED) is 0.0953. The Morgan fingerprint density at radius 2 is 0.429 bits per heavy atom. The maximum absolute atomic E-state index is 4.34. The normalized spacial score (nSPS) is 10.3. The van der Waals surface area contributed by atoms with Crippen LogP contribution < -0.4 is 0 Å². The first kappa shape index (κ1) is 106. The fraction of sp³-hybridized carbons (Fsp3) is 0.130. The van der Waals surface area contributed by atoms with Gasteiger partial charge < -0.3 is 0 Å². The Kier molecular flexibility index (Phi) is 45.8. The van der Waals surface area contributed by atoms with E-state index in [-0.39, 0.29) is 0 Å². The number of aryl methyl sites for hydroxylation is 4. The molecule has 20 heterocycles. The molecule has 0 saturated heterocycles. The van der Waals surface area contributed by atoms with Crippen molar-refractivity contribution in [3.05, 3.63) is 321 Å². The van der Waals surface area contributed by atoms with Crippen LogP contribution in [0.4, 0.5) is 0 Å². The number of rotatable bonds is 11. The summed E-state index contributed by atoms with van der Waals surface area (Å²) in [6.07, 6.45) is 0. The minimum atomic E-state index is 1.14. The Bertz CT molecular complexity index is 6120. The van der Waals surface area contributed by atoms with Crippen LogP contribution in [0.2, 0.25) is 0 Å². The molecule has 0 saturated carbocycles. The summed E-state index contributed by atoms with van der Waals surface area (Å²) in [6.45, 7) is 26.0. The molecule has 2 nitrogen and oxygen atoms in total. The number of thiophene rings is 20. The fourth-order valence-corrected chi connectivity index (χ4v) is 36.3. The number of hydrogen-bond acceptors (Lipinski definition) is 24. The second-order valence-corrected chi connectivity index (χ2v) is 56.9. The number of thiol groups is 2. The van der Waals surface area contributed by atoms with Crippen LogP contribution in [0.15, 0.2) is 264 Å². The zero-order valence-electron chi connectivity index (χ0n) is 69.1. The van der Waals surface area contributed by atoms with E-state index in [2.05, 4.69) is 473 Å². The van der Waals surface area contributed by atoms with Crippen molar-refractivity contribution in [2.24, 2.45) is 8.60 Å². The van der Waals surface area contributed by atoms with Gasteiger partial charge in [0.1, 0.15) is 0 Å². The summed E-state index contributed by atoms with van der Waals surface area (Å²) >= 11 is 70.5. The van der Waals surface area contributed by atoms with Gasteiger partial charge in [-0.15, -0.1) is 204 Å². The van der Waals surface area contributed by atoms with Crippen molar-refractivity contribution < 1.29 is 0 Å². The molecule has 0 aliphatic heterocycles. The average molecular weight is 2580 g/mol. The topological polar surface area (TPSA) is 24.7 Å². The van der Waals surface area contributed by atoms with Gasteiger partial charge in [0.2, 0.25) is 0 Å². The van der Waals surface area contributed by atoms with Crippen LogP contribution in [-0.2, 0) is 0 Å². The third kappa shape index (κ3) is 31.1. The molecular weight excluding hydrogens is 2500 g/mol.